The third-order valence-electron chi connectivity index (χ3n) is 5.58. The minimum Gasteiger partial charge on any atom is -0.351 e. The summed E-state index contributed by atoms with van der Waals surface area (Å²) < 4.78 is 0. The topological polar surface area (TPSA) is 75.2 Å². The van der Waals surface area contributed by atoms with Crippen molar-refractivity contribution in [3.05, 3.63) is 82.6 Å². The van der Waals surface area contributed by atoms with Gasteiger partial charge in [-0.2, -0.15) is 0 Å². The summed E-state index contributed by atoms with van der Waals surface area (Å²) in [7, 11) is 0. The normalized spacial score (nSPS) is 15.2. The first-order valence-electron chi connectivity index (χ1n) is 10.7. The molecule has 1 atom stereocenters. The number of rotatable bonds is 7. The molecular weight excluding hydrogens is 408 g/mol. The SMILES string of the molecule is O=C(NC1CCCCC1)[C@@H](c1ccccc1)N(Cc1cccs1)C(=O)c1cnccn1. The highest BCUT2D eigenvalue weighted by Gasteiger charge is 2.34. The van der Waals surface area contributed by atoms with Crippen LogP contribution in [0.3, 0.4) is 0 Å². The van der Waals surface area contributed by atoms with Crippen LogP contribution in [0.15, 0.2) is 66.4 Å². The Bertz CT molecular complexity index is 973. The summed E-state index contributed by atoms with van der Waals surface area (Å²) in [6, 6.07) is 12.8. The van der Waals surface area contributed by atoms with E-state index in [4.69, 9.17) is 0 Å². The van der Waals surface area contributed by atoms with Crippen molar-refractivity contribution in [1.82, 2.24) is 20.2 Å². The average Bonchev–Trinajstić information content (AvgIpc) is 3.33. The molecule has 0 aliphatic heterocycles. The van der Waals surface area contributed by atoms with E-state index in [1.807, 2.05) is 47.8 Å². The van der Waals surface area contributed by atoms with Gasteiger partial charge >= 0.3 is 0 Å². The molecule has 1 saturated carbocycles. The molecule has 3 aromatic rings. The van der Waals surface area contributed by atoms with Crippen LogP contribution < -0.4 is 5.32 Å². The van der Waals surface area contributed by atoms with Gasteiger partial charge in [0.05, 0.1) is 12.7 Å². The van der Waals surface area contributed by atoms with Crippen molar-refractivity contribution in [2.45, 2.75) is 50.7 Å². The Hall–Kier alpha value is -3.06. The van der Waals surface area contributed by atoms with Gasteiger partial charge in [-0.3, -0.25) is 14.6 Å². The minimum atomic E-state index is -0.750. The molecule has 0 spiro atoms. The zero-order chi connectivity index (χ0) is 21.5. The van der Waals surface area contributed by atoms with Gasteiger partial charge in [-0.1, -0.05) is 55.7 Å². The molecule has 2 heterocycles. The molecule has 7 heteroatoms. The van der Waals surface area contributed by atoms with Crippen LogP contribution in [0.5, 0.6) is 0 Å². The highest BCUT2D eigenvalue weighted by molar-refractivity contribution is 7.09. The lowest BCUT2D eigenvalue weighted by Gasteiger charge is -2.33. The van der Waals surface area contributed by atoms with Crippen molar-refractivity contribution in [3.8, 4) is 0 Å². The summed E-state index contributed by atoms with van der Waals surface area (Å²) in [5, 5.41) is 5.19. The fraction of sp³-hybridized carbons (Fsp3) is 0.333. The van der Waals surface area contributed by atoms with E-state index in [1.54, 1.807) is 16.2 Å². The van der Waals surface area contributed by atoms with Gasteiger partial charge in [-0.05, 0) is 29.9 Å². The van der Waals surface area contributed by atoms with Crippen molar-refractivity contribution in [2.75, 3.05) is 0 Å². The van der Waals surface area contributed by atoms with E-state index in [9.17, 15) is 9.59 Å². The summed E-state index contributed by atoms with van der Waals surface area (Å²) in [6.07, 6.45) is 9.90. The molecule has 1 fully saturated rings. The van der Waals surface area contributed by atoms with E-state index >= 15 is 0 Å². The molecule has 31 heavy (non-hydrogen) atoms. The predicted octanol–water partition coefficient (Wildman–Crippen LogP) is 4.37. The van der Waals surface area contributed by atoms with Crippen LogP contribution in [-0.2, 0) is 11.3 Å². The van der Waals surface area contributed by atoms with Gasteiger partial charge in [0.1, 0.15) is 11.7 Å². The van der Waals surface area contributed by atoms with E-state index in [1.165, 1.54) is 25.0 Å². The Morgan fingerprint density at radius 2 is 1.87 bits per heavy atom. The number of nitrogens with zero attached hydrogens (tertiary/aromatic N) is 3. The van der Waals surface area contributed by atoms with E-state index in [0.717, 1.165) is 36.1 Å². The molecule has 0 bridgehead atoms. The predicted molar refractivity (Wildman–Crippen MR) is 120 cm³/mol. The summed E-state index contributed by atoms with van der Waals surface area (Å²) in [5.74, 6) is -0.457. The van der Waals surface area contributed by atoms with Gasteiger partial charge < -0.3 is 10.2 Å². The maximum absolute atomic E-state index is 13.6. The fourth-order valence-corrected chi connectivity index (χ4v) is 4.75. The first-order valence-corrected chi connectivity index (χ1v) is 11.5. The number of benzene rings is 1. The quantitative estimate of drug-likeness (QED) is 0.599. The highest BCUT2D eigenvalue weighted by atomic mass is 32.1. The lowest BCUT2D eigenvalue weighted by atomic mass is 9.94. The molecular formula is C24H26N4O2S. The van der Waals surface area contributed by atoms with Crippen LogP contribution in [0, 0.1) is 0 Å². The second-order valence-corrected chi connectivity index (χ2v) is 8.79. The first kappa shape index (κ1) is 21.2. The molecule has 4 rings (SSSR count). The van der Waals surface area contributed by atoms with E-state index < -0.39 is 6.04 Å². The number of carbonyl (C=O) groups is 2. The molecule has 6 nitrogen and oxygen atoms in total. The monoisotopic (exact) mass is 434 g/mol. The number of hydrogen-bond acceptors (Lipinski definition) is 5. The standard InChI is InChI=1S/C24H26N4O2S/c29-23(27-19-10-5-2-6-11-19)22(18-8-3-1-4-9-18)28(17-20-12-7-15-31-20)24(30)21-16-25-13-14-26-21/h1,3-4,7-9,12-16,19,22H,2,5-6,10-11,17H2,(H,27,29)/t22-/m1/s1. The van der Waals surface area contributed by atoms with Gasteiger partial charge in [0.2, 0.25) is 5.91 Å². The number of amides is 2. The Morgan fingerprint density at radius 3 is 2.55 bits per heavy atom. The largest absolute Gasteiger partial charge is 0.351 e. The van der Waals surface area contributed by atoms with Gasteiger partial charge in [0.25, 0.3) is 5.91 Å². The summed E-state index contributed by atoms with van der Waals surface area (Å²) in [4.78, 5) is 38.0. The summed E-state index contributed by atoms with van der Waals surface area (Å²) in [5.41, 5.74) is 1.01. The molecule has 1 aliphatic carbocycles. The van der Waals surface area contributed by atoms with Crippen LogP contribution in [0.1, 0.15) is 59.1 Å². The molecule has 1 N–H and O–H groups in total. The van der Waals surface area contributed by atoms with Crippen molar-refractivity contribution >= 4 is 23.2 Å². The first-order chi connectivity index (χ1) is 15.2. The zero-order valence-electron chi connectivity index (χ0n) is 17.3. The lowest BCUT2D eigenvalue weighted by Crippen LogP contribution is -2.47. The molecule has 2 amide bonds. The molecule has 0 unspecified atom stereocenters. The van der Waals surface area contributed by atoms with Crippen molar-refractivity contribution in [3.63, 3.8) is 0 Å². The number of carbonyl (C=O) groups excluding carboxylic acids is 2. The van der Waals surface area contributed by atoms with Crippen LogP contribution in [0.4, 0.5) is 0 Å². The zero-order valence-corrected chi connectivity index (χ0v) is 18.1. The third-order valence-corrected chi connectivity index (χ3v) is 6.44. The molecule has 0 radical (unpaired) electrons. The molecule has 160 valence electrons. The molecule has 1 aromatic carbocycles. The smallest absolute Gasteiger partial charge is 0.275 e. The van der Waals surface area contributed by atoms with E-state index in [2.05, 4.69) is 15.3 Å². The van der Waals surface area contributed by atoms with Crippen molar-refractivity contribution < 1.29 is 9.59 Å². The summed E-state index contributed by atoms with van der Waals surface area (Å²) >= 11 is 1.56. The maximum Gasteiger partial charge on any atom is 0.275 e. The van der Waals surface area contributed by atoms with Crippen LogP contribution in [-0.4, -0.2) is 32.7 Å². The highest BCUT2D eigenvalue weighted by Crippen LogP contribution is 2.27. The molecule has 1 aliphatic rings. The summed E-state index contributed by atoms with van der Waals surface area (Å²) in [6.45, 7) is 0.324. The van der Waals surface area contributed by atoms with Gasteiger partial charge in [0, 0.05) is 23.3 Å². The Morgan fingerprint density at radius 1 is 1.06 bits per heavy atom. The van der Waals surface area contributed by atoms with Crippen LogP contribution in [0.2, 0.25) is 0 Å². The Labute approximate surface area is 186 Å². The molecule has 0 saturated heterocycles. The minimum absolute atomic E-state index is 0.146. The van der Waals surface area contributed by atoms with E-state index in [-0.39, 0.29) is 23.6 Å². The van der Waals surface area contributed by atoms with Gasteiger partial charge in [-0.15, -0.1) is 11.3 Å². The second kappa shape index (κ2) is 10.3. The van der Waals surface area contributed by atoms with E-state index in [0.29, 0.717) is 6.54 Å². The van der Waals surface area contributed by atoms with Crippen molar-refractivity contribution in [2.24, 2.45) is 0 Å². The van der Waals surface area contributed by atoms with Crippen LogP contribution >= 0.6 is 11.3 Å². The van der Waals surface area contributed by atoms with Crippen LogP contribution in [0.25, 0.3) is 0 Å². The Kier molecular flexibility index (Phi) is 7.04. The van der Waals surface area contributed by atoms with Crippen molar-refractivity contribution in [1.29, 1.82) is 0 Å². The maximum atomic E-state index is 13.6. The number of hydrogen-bond donors (Lipinski definition) is 1. The van der Waals surface area contributed by atoms with Gasteiger partial charge in [0.15, 0.2) is 0 Å². The second-order valence-electron chi connectivity index (χ2n) is 7.76. The fourth-order valence-electron chi connectivity index (χ4n) is 4.04. The third kappa shape index (κ3) is 5.35. The average molecular weight is 435 g/mol. The van der Waals surface area contributed by atoms with Gasteiger partial charge in [-0.25, -0.2) is 4.98 Å². The number of aromatic nitrogens is 2. The molecule has 2 aromatic heterocycles. The number of nitrogens with one attached hydrogen (secondary N) is 1. The lowest BCUT2D eigenvalue weighted by molar-refractivity contribution is -0.127. The Balaban J connectivity index is 1.69. The number of thiophene rings is 1.